The number of amides is 4. The molecular formula is C22H31N5O8. The van der Waals surface area contributed by atoms with Crippen molar-refractivity contribution in [3.63, 3.8) is 0 Å². The topological polar surface area (TPSA) is 225 Å². The number of nitrogens with zero attached hydrogens (tertiary/aromatic N) is 1. The number of carbonyl (C=O) groups excluding carboxylic acids is 4. The molecule has 1 aliphatic rings. The molecule has 9 N–H and O–H groups in total. The minimum absolute atomic E-state index is 0.00433. The lowest BCUT2D eigenvalue weighted by Gasteiger charge is -2.29. The van der Waals surface area contributed by atoms with Gasteiger partial charge in [-0.15, -0.1) is 0 Å². The number of hydrogen-bond acceptors (Lipinski definition) is 8. The Hall–Kier alpha value is -3.71. The predicted molar refractivity (Wildman–Crippen MR) is 122 cm³/mol. The third-order valence-corrected chi connectivity index (χ3v) is 5.63. The molecule has 2 rings (SSSR count). The van der Waals surface area contributed by atoms with E-state index in [4.69, 9.17) is 11.5 Å². The number of aliphatic hydroxyl groups is 1. The fraction of sp³-hybridized carbons (Fsp3) is 0.500. The number of primary amides is 1. The van der Waals surface area contributed by atoms with Crippen LogP contribution in [0.25, 0.3) is 0 Å². The Morgan fingerprint density at radius 1 is 1.11 bits per heavy atom. The van der Waals surface area contributed by atoms with Crippen LogP contribution in [0.1, 0.15) is 31.7 Å². The van der Waals surface area contributed by atoms with E-state index in [-0.39, 0.29) is 25.1 Å². The van der Waals surface area contributed by atoms with Crippen molar-refractivity contribution < 1.29 is 39.3 Å². The van der Waals surface area contributed by atoms with Gasteiger partial charge >= 0.3 is 5.97 Å². The molecule has 5 unspecified atom stereocenters. The third kappa shape index (κ3) is 7.65. The lowest BCUT2D eigenvalue weighted by molar-refractivity contribution is -0.149. The highest BCUT2D eigenvalue weighted by atomic mass is 16.4. The maximum absolute atomic E-state index is 13.3. The molecule has 1 fully saturated rings. The van der Waals surface area contributed by atoms with Gasteiger partial charge in [-0.3, -0.25) is 19.2 Å². The lowest BCUT2D eigenvalue weighted by atomic mass is 10.0. The molecule has 1 aromatic rings. The fourth-order valence-corrected chi connectivity index (χ4v) is 3.79. The van der Waals surface area contributed by atoms with E-state index in [0.29, 0.717) is 12.0 Å². The number of carboxylic acids is 1. The second-order valence-electron chi connectivity index (χ2n) is 8.46. The molecule has 1 heterocycles. The van der Waals surface area contributed by atoms with E-state index < -0.39 is 66.3 Å². The van der Waals surface area contributed by atoms with Crippen LogP contribution in [0.2, 0.25) is 0 Å². The first-order valence-electron chi connectivity index (χ1n) is 11.0. The molecule has 1 saturated heterocycles. The van der Waals surface area contributed by atoms with Crippen molar-refractivity contribution in [1.82, 2.24) is 15.5 Å². The van der Waals surface area contributed by atoms with Gasteiger partial charge in [0.2, 0.25) is 23.6 Å². The van der Waals surface area contributed by atoms with Crippen LogP contribution in [0.4, 0.5) is 0 Å². The SMILES string of the molecule is CC(O)C(NC(=O)C(N)CC(N)=O)C(=O)NC(Cc1ccc(O)cc1)C(=O)N1CCCC1C(=O)O. The van der Waals surface area contributed by atoms with Gasteiger partial charge in [-0.05, 0) is 37.5 Å². The van der Waals surface area contributed by atoms with Gasteiger partial charge in [0.15, 0.2) is 0 Å². The maximum atomic E-state index is 13.3. The lowest BCUT2D eigenvalue weighted by Crippen LogP contribution is -2.60. The average Bonchev–Trinajstić information content (AvgIpc) is 3.27. The summed E-state index contributed by atoms with van der Waals surface area (Å²) >= 11 is 0. The van der Waals surface area contributed by atoms with E-state index in [1.165, 1.54) is 36.1 Å². The minimum atomic E-state index is -1.52. The van der Waals surface area contributed by atoms with E-state index in [1.807, 2.05) is 0 Å². The minimum Gasteiger partial charge on any atom is -0.508 e. The Morgan fingerprint density at radius 2 is 1.74 bits per heavy atom. The number of nitrogens with two attached hydrogens (primary N) is 2. The largest absolute Gasteiger partial charge is 0.508 e. The Morgan fingerprint density at radius 3 is 2.29 bits per heavy atom. The van der Waals surface area contributed by atoms with Crippen LogP contribution in [0, 0.1) is 0 Å². The van der Waals surface area contributed by atoms with E-state index in [0.717, 1.165) is 0 Å². The monoisotopic (exact) mass is 493 g/mol. The quantitative estimate of drug-likeness (QED) is 0.174. The number of aliphatic carboxylic acids is 1. The number of carbonyl (C=O) groups is 5. The number of phenolic OH excluding ortho intramolecular Hbond substituents is 1. The first-order chi connectivity index (χ1) is 16.4. The van der Waals surface area contributed by atoms with Crippen LogP contribution in [0.3, 0.4) is 0 Å². The smallest absolute Gasteiger partial charge is 0.326 e. The summed E-state index contributed by atoms with van der Waals surface area (Å²) in [5, 5.41) is 33.8. The fourth-order valence-electron chi connectivity index (χ4n) is 3.79. The maximum Gasteiger partial charge on any atom is 0.326 e. The van der Waals surface area contributed by atoms with Crippen molar-refractivity contribution in [2.75, 3.05) is 6.54 Å². The third-order valence-electron chi connectivity index (χ3n) is 5.63. The summed E-state index contributed by atoms with van der Waals surface area (Å²) in [6.45, 7) is 1.43. The molecule has 0 aromatic heterocycles. The van der Waals surface area contributed by atoms with Crippen LogP contribution >= 0.6 is 0 Å². The molecule has 0 aliphatic carbocycles. The molecule has 0 spiro atoms. The van der Waals surface area contributed by atoms with Gasteiger partial charge in [-0.25, -0.2) is 4.79 Å². The standard InChI is InChI=1S/C22H31N5O8/c1-11(28)18(26-19(31)14(23)10-17(24)30)20(32)25-15(9-12-4-6-13(29)7-5-12)21(33)27-8-2-3-16(27)22(34)35/h4-7,11,14-16,18,28-29H,2-3,8-10,23H2,1H3,(H2,24,30)(H,25,32)(H,26,31)(H,34,35). The zero-order valence-electron chi connectivity index (χ0n) is 19.2. The highest BCUT2D eigenvalue weighted by molar-refractivity contribution is 5.95. The number of aromatic hydroxyl groups is 1. The Balaban J connectivity index is 2.25. The van der Waals surface area contributed by atoms with Crippen LogP contribution < -0.4 is 22.1 Å². The molecule has 13 heteroatoms. The molecule has 0 saturated carbocycles. The van der Waals surface area contributed by atoms with Gasteiger partial charge in [0, 0.05) is 13.0 Å². The Labute approximate surface area is 201 Å². The molecule has 13 nitrogen and oxygen atoms in total. The summed E-state index contributed by atoms with van der Waals surface area (Å²) in [5.41, 5.74) is 11.2. The molecule has 0 bridgehead atoms. The van der Waals surface area contributed by atoms with Gasteiger partial charge < -0.3 is 42.3 Å². The molecular weight excluding hydrogens is 462 g/mol. The average molecular weight is 494 g/mol. The normalized spacial score (nSPS) is 18.7. The Kier molecular flexibility index (Phi) is 9.54. The molecule has 4 amide bonds. The van der Waals surface area contributed by atoms with Crippen LogP contribution in [0.15, 0.2) is 24.3 Å². The van der Waals surface area contributed by atoms with Gasteiger partial charge in [-0.1, -0.05) is 12.1 Å². The van der Waals surface area contributed by atoms with Crippen molar-refractivity contribution >= 4 is 29.6 Å². The summed E-state index contributed by atoms with van der Waals surface area (Å²) in [6.07, 6.45) is -1.18. The zero-order chi connectivity index (χ0) is 26.3. The summed E-state index contributed by atoms with van der Waals surface area (Å²) in [7, 11) is 0. The highest BCUT2D eigenvalue weighted by Gasteiger charge is 2.39. The number of benzene rings is 1. The van der Waals surface area contributed by atoms with E-state index in [9.17, 15) is 39.3 Å². The number of phenols is 1. The van der Waals surface area contributed by atoms with Crippen LogP contribution in [-0.2, 0) is 30.4 Å². The summed E-state index contributed by atoms with van der Waals surface area (Å²) < 4.78 is 0. The van der Waals surface area contributed by atoms with Crippen molar-refractivity contribution in [3.05, 3.63) is 29.8 Å². The summed E-state index contributed by atoms with van der Waals surface area (Å²) in [6, 6.07) is 0.725. The van der Waals surface area contributed by atoms with Crippen LogP contribution in [0.5, 0.6) is 5.75 Å². The predicted octanol–water partition coefficient (Wildman–Crippen LogP) is -2.44. The molecule has 1 aromatic carbocycles. The van der Waals surface area contributed by atoms with Gasteiger partial charge in [0.1, 0.15) is 23.9 Å². The number of carboxylic acid groups (broad SMARTS) is 1. The molecule has 5 atom stereocenters. The van der Waals surface area contributed by atoms with E-state index >= 15 is 0 Å². The van der Waals surface area contributed by atoms with E-state index in [2.05, 4.69) is 10.6 Å². The van der Waals surface area contributed by atoms with Gasteiger partial charge in [-0.2, -0.15) is 0 Å². The van der Waals surface area contributed by atoms with E-state index in [1.54, 1.807) is 0 Å². The van der Waals surface area contributed by atoms with Crippen molar-refractivity contribution in [1.29, 1.82) is 0 Å². The van der Waals surface area contributed by atoms with Crippen molar-refractivity contribution in [3.8, 4) is 5.75 Å². The number of hydrogen-bond donors (Lipinski definition) is 7. The van der Waals surface area contributed by atoms with Gasteiger partial charge in [0.05, 0.1) is 18.6 Å². The molecule has 192 valence electrons. The van der Waals surface area contributed by atoms with Crippen molar-refractivity contribution in [2.45, 2.75) is 62.9 Å². The Bertz CT molecular complexity index is 952. The van der Waals surface area contributed by atoms with Crippen molar-refractivity contribution in [2.24, 2.45) is 11.5 Å². The van der Waals surface area contributed by atoms with Gasteiger partial charge in [0.25, 0.3) is 0 Å². The second-order valence-corrected chi connectivity index (χ2v) is 8.46. The number of nitrogens with one attached hydrogen (secondary N) is 2. The first-order valence-corrected chi connectivity index (χ1v) is 11.0. The second kappa shape index (κ2) is 12.1. The zero-order valence-corrected chi connectivity index (χ0v) is 19.2. The molecule has 35 heavy (non-hydrogen) atoms. The highest BCUT2D eigenvalue weighted by Crippen LogP contribution is 2.20. The molecule has 1 aliphatic heterocycles. The van der Waals surface area contributed by atoms with Crippen LogP contribution in [-0.4, -0.2) is 86.6 Å². The number of aliphatic hydroxyl groups excluding tert-OH is 1. The number of likely N-dealkylation sites (tertiary alicyclic amines) is 1. The summed E-state index contributed by atoms with van der Waals surface area (Å²) in [5.74, 6) is -4.46. The number of rotatable bonds is 11. The first kappa shape index (κ1) is 27.5. The molecule has 0 radical (unpaired) electrons. The summed E-state index contributed by atoms with van der Waals surface area (Å²) in [4.78, 5) is 62.3.